The van der Waals surface area contributed by atoms with Crippen molar-refractivity contribution < 1.29 is 9.90 Å². The van der Waals surface area contributed by atoms with E-state index in [0.29, 0.717) is 17.9 Å². The molecular weight excluding hydrogens is 220 g/mol. The van der Waals surface area contributed by atoms with Crippen molar-refractivity contribution in [1.29, 1.82) is 0 Å². The van der Waals surface area contributed by atoms with Crippen LogP contribution in [0.5, 0.6) is 0 Å². The van der Waals surface area contributed by atoms with Gasteiger partial charge in [0, 0.05) is 12.8 Å². The van der Waals surface area contributed by atoms with Gasteiger partial charge in [-0.15, -0.1) is 0 Å². The molecular formula is C11H14N4O2. The first kappa shape index (κ1) is 11.4. The maximum Gasteiger partial charge on any atom is 0.303 e. The molecule has 90 valence electrons. The summed E-state index contributed by atoms with van der Waals surface area (Å²) in [6.07, 6.45) is 0.717. The molecule has 2 heterocycles. The average molecular weight is 234 g/mol. The molecule has 0 radical (unpaired) electrons. The number of anilines is 1. The number of aromatic nitrogens is 3. The van der Waals surface area contributed by atoms with Gasteiger partial charge in [0.05, 0.1) is 5.52 Å². The Labute approximate surface area is 97.9 Å². The second kappa shape index (κ2) is 4.40. The van der Waals surface area contributed by atoms with Crippen LogP contribution in [0.3, 0.4) is 0 Å². The number of carbonyl (C=O) groups is 1. The van der Waals surface area contributed by atoms with Crippen molar-refractivity contribution in [2.45, 2.75) is 19.8 Å². The van der Waals surface area contributed by atoms with Crippen molar-refractivity contribution in [2.75, 3.05) is 5.73 Å². The number of hydrogen-bond donors (Lipinski definition) is 3. The molecule has 2 aromatic heterocycles. The lowest BCUT2D eigenvalue weighted by Crippen LogP contribution is -2.07. The van der Waals surface area contributed by atoms with Gasteiger partial charge in [0.2, 0.25) is 0 Å². The Morgan fingerprint density at radius 1 is 1.53 bits per heavy atom. The first-order valence-electron chi connectivity index (χ1n) is 5.37. The highest BCUT2D eigenvalue weighted by atomic mass is 16.4. The Morgan fingerprint density at radius 3 is 3.00 bits per heavy atom. The molecule has 2 aromatic rings. The molecule has 0 aromatic carbocycles. The summed E-state index contributed by atoms with van der Waals surface area (Å²) >= 11 is 0. The molecule has 0 aliphatic heterocycles. The number of aliphatic carboxylic acids is 1. The first-order chi connectivity index (χ1) is 8.04. The van der Waals surface area contributed by atoms with Gasteiger partial charge in [-0.1, -0.05) is 6.92 Å². The molecule has 0 amide bonds. The zero-order chi connectivity index (χ0) is 12.4. The zero-order valence-electron chi connectivity index (χ0n) is 9.47. The molecule has 0 fully saturated rings. The van der Waals surface area contributed by atoms with Crippen LogP contribution in [0, 0.1) is 5.92 Å². The number of nitrogens with two attached hydrogens (primary N) is 1. The van der Waals surface area contributed by atoms with Gasteiger partial charge in [-0.3, -0.25) is 4.79 Å². The van der Waals surface area contributed by atoms with Crippen LogP contribution < -0.4 is 5.73 Å². The van der Waals surface area contributed by atoms with Crippen LogP contribution >= 0.6 is 0 Å². The third-order valence-corrected chi connectivity index (χ3v) is 2.48. The predicted octanol–water partition coefficient (Wildman–Crippen LogP) is 1.19. The van der Waals surface area contributed by atoms with Crippen molar-refractivity contribution in [2.24, 2.45) is 5.92 Å². The normalized spacial score (nSPS) is 12.8. The van der Waals surface area contributed by atoms with E-state index in [4.69, 9.17) is 10.8 Å². The van der Waals surface area contributed by atoms with Crippen LogP contribution in [-0.2, 0) is 11.2 Å². The second-order valence-corrected chi connectivity index (χ2v) is 4.20. The number of H-pyrrole nitrogens is 1. The number of rotatable bonds is 4. The topological polar surface area (TPSA) is 105 Å². The fourth-order valence-electron chi connectivity index (χ4n) is 1.75. The molecule has 0 spiro atoms. The summed E-state index contributed by atoms with van der Waals surface area (Å²) in [5, 5.41) is 8.68. The number of carboxylic acids is 1. The van der Waals surface area contributed by atoms with Crippen LogP contribution in [0.25, 0.3) is 11.2 Å². The van der Waals surface area contributed by atoms with Crippen LogP contribution in [0.4, 0.5) is 5.82 Å². The van der Waals surface area contributed by atoms with Gasteiger partial charge in [-0.05, 0) is 18.1 Å². The fraction of sp³-hybridized carbons (Fsp3) is 0.364. The lowest BCUT2D eigenvalue weighted by atomic mass is 10.0. The number of carboxylic acid groups (broad SMARTS) is 1. The lowest BCUT2D eigenvalue weighted by Gasteiger charge is -2.04. The molecule has 0 saturated carbocycles. The third kappa shape index (κ3) is 2.72. The minimum Gasteiger partial charge on any atom is -0.481 e. The maximum absolute atomic E-state index is 10.6. The van der Waals surface area contributed by atoms with Gasteiger partial charge in [-0.2, -0.15) is 0 Å². The molecule has 4 N–H and O–H groups in total. The summed E-state index contributed by atoms with van der Waals surface area (Å²) < 4.78 is 0. The van der Waals surface area contributed by atoms with E-state index in [1.807, 2.05) is 13.0 Å². The Morgan fingerprint density at radius 2 is 2.29 bits per heavy atom. The molecule has 0 saturated heterocycles. The third-order valence-electron chi connectivity index (χ3n) is 2.48. The lowest BCUT2D eigenvalue weighted by molar-refractivity contribution is -0.137. The Bertz CT molecular complexity index is 549. The highest BCUT2D eigenvalue weighted by Gasteiger charge is 2.11. The first-order valence-corrected chi connectivity index (χ1v) is 5.37. The summed E-state index contributed by atoms with van der Waals surface area (Å²) in [5.74, 6) is 0.405. The number of nitrogen functional groups attached to an aromatic ring is 1. The summed E-state index contributed by atoms with van der Waals surface area (Å²) in [6.45, 7) is 1.88. The summed E-state index contributed by atoms with van der Waals surface area (Å²) in [5.41, 5.74) is 6.95. The van der Waals surface area contributed by atoms with E-state index in [2.05, 4.69) is 15.0 Å². The Hall–Kier alpha value is -2.11. The van der Waals surface area contributed by atoms with Crippen molar-refractivity contribution in [1.82, 2.24) is 15.0 Å². The molecule has 1 atom stereocenters. The fourth-order valence-corrected chi connectivity index (χ4v) is 1.75. The summed E-state index contributed by atoms with van der Waals surface area (Å²) in [4.78, 5) is 22.0. The smallest absolute Gasteiger partial charge is 0.303 e. The van der Waals surface area contributed by atoms with E-state index in [1.54, 1.807) is 6.07 Å². The van der Waals surface area contributed by atoms with Gasteiger partial charge in [-0.25, -0.2) is 9.97 Å². The van der Waals surface area contributed by atoms with Crippen LogP contribution in [0.15, 0.2) is 12.1 Å². The number of hydrogen-bond acceptors (Lipinski definition) is 4. The van der Waals surface area contributed by atoms with Gasteiger partial charge < -0.3 is 15.8 Å². The number of fused-ring (bicyclic) bond motifs is 1. The Balaban J connectivity index is 2.16. The molecule has 6 heteroatoms. The van der Waals surface area contributed by atoms with E-state index >= 15 is 0 Å². The minimum atomic E-state index is -0.795. The van der Waals surface area contributed by atoms with Gasteiger partial charge >= 0.3 is 5.97 Å². The number of imidazole rings is 1. The van der Waals surface area contributed by atoms with Gasteiger partial charge in [0.25, 0.3) is 0 Å². The molecule has 1 unspecified atom stereocenters. The molecule has 6 nitrogen and oxygen atoms in total. The van der Waals surface area contributed by atoms with E-state index in [1.165, 1.54) is 0 Å². The van der Waals surface area contributed by atoms with Crippen molar-refractivity contribution >= 4 is 23.0 Å². The van der Waals surface area contributed by atoms with E-state index in [-0.39, 0.29) is 12.3 Å². The highest BCUT2D eigenvalue weighted by Crippen LogP contribution is 2.14. The largest absolute Gasteiger partial charge is 0.481 e. The predicted molar refractivity (Wildman–Crippen MR) is 63.4 cm³/mol. The minimum absolute atomic E-state index is 0.0328. The molecule has 2 rings (SSSR count). The highest BCUT2D eigenvalue weighted by molar-refractivity contribution is 5.72. The monoisotopic (exact) mass is 234 g/mol. The zero-order valence-corrected chi connectivity index (χ0v) is 9.47. The van der Waals surface area contributed by atoms with E-state index in [9.17, 15) is 4.79 Å². The van der Waals surface area contributed by atoms with Gasteiger partial charge in [0.1, 0.15) is 11.6 Å². The molecule has 0 aliphatic rings. The summed E-state index contributed by atoms with van der Waals surface area (Å²) in [7, 11) is 0. The van der Waals surface area contributed by atoms with Crippen LogP contribution in [0.2, 0.25) is 0 Å². The molecule has 0 aliphatic carbocycles. The molecule has 0 bridgehead atoms. The van der Waals surface area contributed by atoms with Crippen molar-refractivity contribution in [3.05, 3.63) is 18.0 Å². The number of aromatic amines is 1. The standard InChI is InChI=1S/C11H14N4O2/c1-6(5-10(16)17)4-9-13-7-2-3-8(12)14-11(7)15-9/h2-3,6H,4-5H2,1H3,(H,16,17)(H3,12,13,14,15). The SMILES string of the molecule is CC(CC(=O)O)Cc1nc2nc(N)ccc2[nH]1. The van der Waals surface area contributed by atoms with E-state index < -0.39 is 5.97 Å². The maximum atomic E-state index is 10.6. The van der Waals surface area contributed by atoms with Gasteiger partial charge in [0.15, 0.2) is 5.65 Å². The van der Waals surface area contributed by atoms with Crippen LogP contribution in [-0.4, -0.2) is 26.0 Å². The Kier molecular flexibility index (Phi) is 2.95. The second-order valence-electron chi connectivity index (χ2n) is 4.20. The van der Waals surface area contributed by atoms with Crippen molar-refractivity contribution in [3.8, 4) is 0 Å². The van der Waals surface area contributed by atoms with Crippen molar-refractivity contribution in [3.63, 3.8) is 0 Å². The van der Waals surface area contributed by atoms with E-state index in [0.717, 1.165) is 11.3 Å². The number of pyridine rings is 1. The number of nitrogens with one attached hydrogen (secondary N) is 1. The van der Waals surface area contributed by atoms with Crippen LogP contribution in [0.1, 0.15) is 19.2 Å². The average Bonchev–Trinajstić information content (AvgIpc) is 2.57. The number of nitrogens with zero attached hydrogens (tertiary/aromatic N) is 2. The quantitative estimate of drug-likeness (QED) is 0.737. The molecule has 17 heavy (non-hydrogen) atoms. The summed E-state index contributed by atoms with van der Waals surface area (Å²) in [6, 6.07) is 3.51.